The van der Waals surface area contributed by atoms with E-state index in [4.69, 9.17) is 0 Å². The predicted molar refractivity (Wildman–Crippen MR) is 95.5 cm³/mol. The molecule has 0 radical (unpaired) electrons. The van der Waals surface area contributed by atoms with Crippen LogP contribution in [-0.4, -0.2) is 29.7 Å². The SMILES string of the molecule is CC(C(=O)c1ccc(F)cc1)C(=O)N1CC=C(c2ccccc2)CC1. The van der Waals surface area contributed by atoms with Crippen molar-refractivity contribution >= 4 is 17.3 Å². The van der Waals surface area contributed by atoms with E-state index in [1.807, 2.05) is 24.3 Å². The molecule has 1 aliphatic rings. The van der Waals surface area contributed by atoms with Gasteiger partial charge < -0.3 is 4.90 Å². The molecule has 128 valence electrons. The summed E-state index contributed by atoms with van der Waals surface area (Å²) in [4.78, 5) is 26.8. The van der Waals surface area contributed by atoms with E-state index in [1.165, 1.54) is 35.4 Å². The Bertz CT molecular complexity index is 796. The highest BCUT2D eigenvalue weighted by Crippen LogP contribution is 2.23. The fourth-order valence-electron chi connectivity index (χ4n) is 3.03. The number of ketones is 1. The lowest BCUT2D eigenvalue weighted by atomic mass is 9.95. The summed E-state index contributed by atoms with van der Waals surface area (Å²) in [5.41, 5.74) is 2.76. The Morgan fingerprint density at radius 1 is 1.04 bits per heavy atom. The number of nitrogens with zero attached hydrogens (tertiary/aromatic N) is 1. The molecule has 1 amide bonds. The average Bonchev–Trinajstić information content (AvgIpc) is 2.67. The summed E-state index contributed by atoms with van der Waals surface area (Å²) in [6.45, 7) is 2.72. The fraction of sp³-hybridized carbons (Fsp3) is 0.238. The molecule has 1 heterocycles. The smallest absolute Gasteiger partial charge is 0.233 e. The minimum Gasteiger partial charge on any atom is -0.338 e. The van der Waals surface area contributed by atoms with Gasteiger partial charge in [-0.1, -0.05) is 36.4 Å². The first-order valence-electron chi connectivity index (χ1n) is 8.39. The first kappa shape index (κ1) is 17.1. The van der Waals surface area contributed by atoms with E-state index in [1.54, 1.807) is 11.8 Å². The van der Waals surface area contributed by atoms with Gasteiger partial charge in [0.15, 0.2) is 5.78 Å². The summed E-state index contributed by atoms with van der Waals surface area (Å²) in [6.07, 6.45) is 2.82. The summed E-state index contributed by atoms with van der Waals surface area (Å²) < 4.78 is 13.0. The predicted octanol–water partition coefficient (Wildman–Crippen LogP) is 3.96. The third-order valence-corrected chi connectivity index (χ3v) is 4.56. The molecule has 1 unspecified atom stereocenters. The third-order valence-electron chi connectivity index (χ3n) is 4.56. The van der Waals surface area contributed by atoms with E-state index in [9.17, 15) is 14.0 Å². The fourth-order valence-corrected chi connectivity index (χ4v) is 3.03. The van der Waals surface area contributed by atoms with Crippen LogP contribution in [0.3, 0.4) is 0 Å². The van der Waals surface area contributed by atoms with E-state index in [0.717, 1.165) is 6.42 Å². The molecule has 4 heteroatoms. The van der Waals surface area contributed by atoms with Crippen LogP contribution in [0.1, 0.15) is 29.3 Å². The molecule has 0 N–H and O–H groups in total. The van der Waals surface area contributed by atoms with Gasteiger partial charge in [0, 0.05) is 18.7 Å². The van der Waals surface area contributed by atoms with Gasteiger partial charge in [0.05, 0.1) is 5.92 Å². The van der Waals surface area contributed by atoms with Crippen molar-refractivity contribution in [1.29, 1.82) is 0 Å². The monoisotopic (exact) mass is 337 g/mol. The summed E-state index contributed by atoms with van der Waals surface area (Å²) in [7, 11) is 0. The van der Waals surface area contributed by atoms with Crippen molar-refractivity contribution in [1.82, 2.24) is 4.90 Å². The normalized spacial score (nSPS) is 15.4. The van der Waals surface area contributed by atoms with Crippen LogP contribution in [0.15, 0.2) is 60.7 Å². The summed E-state index contributed by atoms with van der Waals surface area (Å²) in [6, 6.07) is 15.4. The first-order valence-corrected chi connectivity index (χ1v) is 8.39. The lowest BCUT2D eigenvalue weighted by Crippen LogP contribution is -2.40. The van der Waals surface area contributed by atoms with Crippen LogP contribution < -0.4 is 0 Å². The van der Waals surface area contributed by atoms with Gasteiger partial charge in [0.2, 0.25) is 5.91 Å². The molecular formula is C21H20FNO2. The number of carbonyl (C=O) groups is 2. The second kappa shape index (κ2) is 7.43. The van der Waals surface area contributed by atoms with Crippen molar-refractivity contribution in [2.75, 3.05) is 13.1 Å². The summed E-state index contributed by atoms with van der Waals surface area (Å²) >= 11 is 0. The molecule has 0 aromatic heterocycles. The highest BCUT2D eigenvalue weighted by atomic mass is 19.1. The second-order valence-electron chi connectivity index (χ2n) is 6.22. The van der Waals surface area contributed by atoms with Gasteiger partial charge in [-0.3, -0.25) is 9.59 Å². The van der Waals surface area contributed by atoms with Gasteiger partial charge in [-0.25, -0.2) is 4.39 Å². The average molecular weight is 337 g/mol. The van der Waals surface area contributed by atoms with Gasteiger partial charge in [0.1, 0.15) is 5.82 Å². The Morgan fingerprint density at radius 2 is 1.72 bits per heavy atom. The van der Waals surface area contributed by atoms with Crippen molar-refractivity contribution in [3.05, 3.63) is 77.6 Å². The molecule has 0 aliphatic carbocycles. The zero-order chi connectivity index (χ0) is 17.8. The topological polar surface area (TPSA) is 37.4 Å². The second-order valence-corrected chi connectivity index (χ2v) is 6.22. The van der Waals surface area contributed by atoms with Crippen LogP contribution in [0.25, 0.3) is 5.57 Å². The van der Waals surface area contributed by atoms with Gasteiger partial charge in [-0.05, 0) is 48.7 Å². The highest BCUT2D eigenvalue weighted by molar-refractivity contribution is 6.09. The maximum Gasteiger partial charge on any atom is 0.233 e. The minimum absolute atomic E-state index is 0.183. The Labute approximate surface area is 146 Å². The summed E-state index contributed by atoms with van der Waals surface area (Å²) in [5.74, 6) is -1.62. The molecule has 2 aromatic rings. The molecular weight excluding hydrogens is 317 g/mol. The Morgan fingerprint density at radius 3 is 2.32 bits per heavy atom. The number of halogens is 1. The summed E-state index contributed by atoms with van der Waals surface area (Å²) in [5, 5.41) is 0. The number of amides is 1. The largest absolute Gasteiger partial charge is 0.338 e. The third kappa shape index (κ3) is 3.85. The number of Topliss-reactive ketones (excluding diaryl/α,β-unsaturated/α-hetero) is 1. The maximum absolute atomic E-state index is 13.0. The molecule has 0 saturated carbocycles. The first-order chi connectivity index (χ1) is 12.1. The minimum atomic E-state index is -0.767. The van der Waals surface area contributed by atoms with Crippen LogP contribution in [0, 0.1) is 11.7 Å². The van der Waals surface area contributed by atoms with Gasteiger partial charge in [-0.2, -0.15) is 0 Å². The van der Waals surface area contributed by atoms with Crippen LogP contribution in [-0.2, 0) is 4.79 Å². The van der Waals surface area contributed by atoms with Gasteiger partial charge >= 0.3 is 0 Å². The molecule has 0 saturated heterocycles. The quantitative estimate of drug-likeness (QED) is 0.625. The highest BCUT2D eigenvalue weighted by Gasteiger charge is 2.28. The van der Waals surface area contributed by atoms with E-state index < -0.39 is 11.7 Å². The van der Waals surface area contributed by atoms with E-state index >= 15 is 0 Å². The number of hydrogen-bond donors (Lipinski definition) is 0. The van der Waals surface area contributed by atoms with Crippen molar-refractivity contribution < 1.29 is 14.0 Å². The molecule has 25 heavy (non-hydrogen) atoms. The molecule has 2 aromatic carbocycles. The lowest BCUT2D eigenvalue weighted by Gasteiger charge is -2.28. The number of carbonyl (C=O) groups excluding carboxylic acids is 2. The molecule has 1 aliphatic heterocycles. The van der Waals surface area contributed by atoms with Crippen molar-refractivity contribution in [3.8, 4) is 0 Å². The number of benzene rings is 2. The van der Waals surface area contributed by atoms with Crippen LogP contribution >= 0.6 is 0 Å². The number of hydrogen-bond acceptors (Lipinski definition) is 2. The van der Waals surface area contributed by atoms with E-state index in [-0.39, 0.29) is 11.7 Å². The van der Waals surface area contributed by atoms with E-state index in [2.05, 4.69) is 12.1 Å². The molecule has 0 spiro atoms. The van der Waals surface area contributed by atoms with Crippen LogP contribution in [0.5, 0.6) is 0 Å². The van der Waals surface area contributed by atoms with Gasteiger partial charge in [0.25, 0.3) is 0 Å². The Hall–Kier alpha value is -2.75. The van der Waals surface area contributed by atoms with Crippen molar-refractivity contribution in [3.63, 3.8) is 0 Å². The molecule has 3 nitrogen and oxygen atoms in total. The van der Waals surface area contributed by atoms with Gasteiger partial charge in [-0.15, -0.1) is 0 Å². The lowest BCUT2D eigenvalue weighted by molar-refractivity contribution is -0.133. The zero-order valence-electron chi connectivity index (χ0n) is 14.1. The molecule has 1 atom stereocenters. The Kier molecular flexibility index (Phi) is 5.08. The van der Waals surface area contributed by atoms with Crippen LogP contribution in [0.2, 0.25) is 0 Å². The molecule has 0 bridgehead atoms. The van der Waals surface area contributed by atoms with Crippen LogP contribution in [0.4, 0.5) is 4.39 Å². The van der Waals surface area contributed by atoms with Crippen molar-refractivity contribution in [2.45, 2.75) is 13.3 Å². The number of rotatable bonds is 4. The zero-order valence-corrected chi connectivity index (χ0v) is 14.1. The standard InChI is InChI=1S/C21H20FNO2/c1-15(20(24)18-7-9-19(22)10-8-18)21(25)23-13-11-17(12-14-23)16-5-3-2-4-6-16/h2-11,15H,12-14H2,1H3. The van der Waals surface area contributed by atoms with E-state index in [0.29, 0.717) is 18.7 Å². The molecule has 0 fully saturated rings. The van der Waals surface area contributed by atoms with Crippen molar-refractivity contribution in [2.24, 2.45) is 5.92 Å². The maximum atomic E-state index is 13.0. The molecule has 3 rings (SSSR count). The Balaban J connectivity index is 1.66.